The zero-order valence-electron chi connectivity index (χ0n) is 31.0. The summed E-state index contributed by atoms with van der Waals surface area (Å²) in [6, 6.07) is 33.5. The van der Waals surface area contributed by atoms with Crippen LogP contribution in [0.2, 0.25) is 8.35 Å². The van der Waals surface area contributed by atoms with Crippen molar-refractivity contribution in [1.82, 2.24) is 0 Å². The van der Waals surface area contributed by atoms with Gasteiger partial charge in [0.15, 0.2) is 0 Å². The van der Waals surface area contributed by atoms with Crippen molar-refractivity contribution in [3.8, 4) is 22.3 Å². The molecule has 49 heavy (non-hydrogen) atoms. The van der Waals surface area contributed by atoms with E-state index in [1.807, 2.05) is 0 Å². The molecule has 2 aliphatic carbocycles. The third kappa shape index (κ3) is 6.91. The molecule has 0 amide bonds. The van der Waals surface area contributed by atoms with Crippen molar-refractivity contribution in [3.63, 3.8) is 0 Å². The molecule has 1 heterocycles. The van der Waals surface area contributed by atoms with E-state index in [2.05, 4.69) is 152 Å². The molecule has 1 aliphatic heterocycles. The predicted octanol–water partition coefficient (Wildman–Crippen LogP) is 14.4. The molecule has 0 spiro atoms. The quantitative estimate of drug-likeness (QED) is 0.155. The van der Waals surface area contributed by atoms with Crippen LogP contribution in [0.15, 0.2) is 96.1 Å². The van der Waals surface area contributed by atoms with Gasteiger partial charge in [0.25, 0.3) is 0 Å². The first kappa shape index (κ1) is 38.1. The maximum Gasteiger partial charge on any atom is -0.147 e. The summed E-state index contributed by atoms with van der Waals surface area (Å²) < 4.78 is 4.26. The van der Waals surface area contributed by atoms with Crippen molar-refractivity contribution in [2.24, 2.45) is 10.8 Å². The fourth-order valence-electron chi connectivity index (χ4n) is 9.01. The number of rotatable bonds is 8. The van der Waals surface area contributed by atoms with E-state index in [1.54, 1.807) is 22.3 Å². The number of hydrogen-bond acceptors (Lipinski definition) is 0. The van der Waals surface area contributed by atoms with E-state index in [1.165, 1.54) is 65.7 Å². The van der Waals surface area contributed by atoms with E-state index in [-0.39, 0.29) is 35.6 Å². The van der Waals surface area contributed by atoms with Gasteiger partial charge in [0, 0.05) is 0 Å². The summed E-state index contributed by atoms with van der Waals surface area (Å²) in [5.41, 5.74) is 18.5. The van der Waals surface area contributed by atoms with Gasteiger partial charge in [-0.15, -0.1) is 24.8 Å². The second kappa shape index (κ2) is 14.4. The standard InChI is InChI=1S/2C22H25.C2H4.2ClH.Hf/c2*1-5-7-16-10-12-17(13-11-16)20-9-6-8-18-14-19(15-21(18)20)22(2,3)4;1-2;;;/h2*6,8-15H,5,7H2,1-4H3;1-2H2;2*1H;. The van der Waals surface area contributed by atoms with Crippen LogP contribution in [0.5, 0.6) is 0 Å². The number of halogens is 2. The van der Waals surface area contributed by atoms with Gasteiger partial charge >= 0.3 is 291 Å². The molecule has 3 heteroatoms. The SMILES string of the molecule is CCCc1ccc(-c2cccc3c2C=C(C(C)(C)C)[CH]3[Hf]2([CH]3C(C(C)(C)C)=Cc4c(-c5ccc(CCC)cc5)cccc43)[CH2][CH2]2)cc1.Cl.Cl. The van der Waals surface area contributed by atoms with Crippen molar-refractivity contribution in [2.45, 2.75) is 96.8 Å². The fourth-order valence-corrected chi connectivity index (χ4v) is 38.3. The minimum absolute atomic E-state index is 0. The zero-order chi connectivity index (χ0) is 33.1. The molecule has 0 radical (unpaired) electrons. The third-order valence-electron chi connectivity index (χ3n) is 11.4. The average molecular weight is 858 g/mol. The summed E-state index contributed by atoms with van der Waals surface area (Å²) in [4.78, 5) is 0. The van der Waals surface area contributed by atoms with Crippen LogP contribution in [0.3, 0.4) is 0 Å². The largest absolute Gasteiger partial charge is 0.147 e. The van der Waals surface area contributed by atoms with Gasteiger partial charge in [0.1, 0.15) is 0 Å². The van der Waals surface area contributed by atoms with E-state index in [4.69, 9.17) is 0 Å². The maximum atomic E-state index is 2.67. The topological polar surface area (TPSA) is 0 Å². The Morgan fingerprint density at radius 1 is 0.531 bits per heavy atom. The summed E-state index contributed by atoms with van der Waals surface area (Å²) in [6.07, 6.45) is 10.0. The summed E-state index contributed by atoms with van der Waals surface area (Å²) in [5.74, 6) is 0. The van der Waals surface area contributed by atoms with Gasteiger partial charge in [0.2, 0.25) is 0 Å². The van der Waals surface area contributed by atoms with E-state index >= 15 is 0 Å². The van der Waals surface area contributed by atoms with Crippen molar-refractivity contribution < 1.29 is 20.0 Å². The molecule has 7 rings (SSSR count). The Kier molecular flexibility index (Phi) is 11.2. The molecule has 0 bridgehead atoms. The van der Waals surface area contributed by atoms with E-state index in [0.717, 1.165) is 12.8 Å². The molecule has 2 unspecified atom stereocenters. The van der Waals surface area contributed by atoms with Gasteiger partial charge in [-0.1, -0.05) is 0 Å². The Labute approximate surface area is 314 Å². The Morgan fingerprint density at radius 2 is 0.898 bits per heavy atom. The first-order chi connectivity index (χ1) is 22.5. The van der Waals surface area contributed by atoms with Gasteiger partial charge in [-0.3, -0.25) is 0 Å². The molecule has 1 fully saturated rings. The molecule has 258 valence electrons. The minimum Gasteiger partial charge on any atom is -0.147 e. The first-order valence-corrected chi connectivity index (χ1v) is 27.6. The number of benzene rings is 4. The molecule has 0 nitrogen and oxygen atoms in total. The third-order valence-corrected chi connectivity index (χ3v) is 30.1. The summed E-state index contributed by atoms with van der Waals surface area (Å²) in [6.45, 7) is 19.4. The second-order valence-electron chi connectivity index (χ2n) is 16.8. The van der Waals surface area contributed by atoms with Gasteiger partial charge in [-0.25, -0.2) is 0 Å². The molecular formula is C46H56Cl2Hf. The van der Waals surface area contributed by atoms with Gasteiger partial charge in [-0.2, -0.15) is 0 Å². The van der Waals surface area contributed by atoms with E-state index < -0.39 is 20.0 Å². The molecule has 4 aromatic rings. The maximum absolute atomic E-state index is 3.08. The monoisotopic (exact) mass is 858 g/mol. The van der Waals surface area contributed by atoms with Crippen LogP contribution < -0.4 is 0 Å². The zero-order valence-corrected chi connectivity index (χ0v) is 36.2. The van der Waals surface area contributed by atoms with E-state index in [9.17, 15) is 0 Å². The summed E-state index contributed by atoms with van der Waals surface area (Å²) in [7, 11) is 0. The molecule has 2 atom stereocenters. The summed E-state index contributed by atoms with van der Waals surface area (Å²) in [5, 5.41) is 0. The number of fused-ring (bicyclic) bond motifs is 2. The van der Waals surface area contributed by atoms with Crippen LogP contribution in [0, 0.1) is 10.8 Å². The number of aryl methyl sites for hydroxylation is 2. The minimum atomic E-state index is -3.08. The predicted molar refractivity (Wildman–Crippen MR) is 216 cm³/mol. The first-order valence-electron chi connectivity index (χ1n) is 18.3. The molecule has 0 N–H and O–H groups in total. The Hall–Kier alpha value is -2.19. The van der Waals surface area contributed by atoms with Crippen LogP contribution in [-0.2, 0) is 32.8 Å². The fraction of sp³-hybridized carbons (Fsp3) is 0.391. The number of allylic oxidation sites excluding steroid dienone is 2. The second-order valence-corrected chi connectivity index (χ2v) is 33.4. The normalized spacial score (nSPS) is 18.9. The van der Waals surface area contributed by atoms with Gasteiger partial charge in [-0.05, 0) is 0 Å². The van der Waals surface area contributed by atoms with Crippen LogP contribution in [-0.4, -0.2) is 0 Å². The van der Waals surface area contributed by atoms with Crippen molar-refractivity contribution in [3.05, 3.63) is 129 Å². The Morgan fingerprint density at radius 3 is 1.20 bits per heavy atom. The Balaban J connectivity index is 0.00000234. The Bertz CT molecular complexity index is 1720. The molecule has 0 aromatic heterocycles. The molecular weight excluding hydrogens is 802 g/mol. The van der Waals surface area contributed by atoms with Gasteiger partial charge < -0.3 is 0 Å². The van der Waals surface area contributed by atoms with Crippen molar-refractivity contribution >= 4 is 37.0 Å². The van der Waals surface area contributed by atoms with Crippen LogP contribution >= 0.6 is 24.8 Å². The number of hydrogen-bond donors (Lipinski definition) is 0. The van der Waals surface area contributed by atoms with Crippen LogP contribution in [0.25, 0.3) is 34.4 Å². The van der Waals surface area contributed by atoms with Crippen LogP contribution in [0.4, 0.5) is 0 Å². The molecule has 1 saturated heterocycles. The van der Waals surface area contributed by atoms with Gasteiger partial charge in [0.05, 0.1) is 0 Å². The molecule has 0 saturated carbocycles. The smallest absolute Gasteiger partial charge is 0.147 e. The van der Waals surface area contributed by atoms with E-state index in [0.29, 0.717) is 7.35 Å². The average Bonchev–Trinajstić information content (AvgIpc) is 3.54. The van der Waals surface area contributed by atoms with Crippen molar-refractivity contribution in [2.75, 3.05) is 0 Å². The van der Waals surface area contributed by atoms with Crippen LogP contribution in [0.1, 0.15) is 109 Å². The molecule has 3 aliphatic rings. The molecule has 4 aromatic carbocycles. The van der Waals surface area contributed by atoms with Crippen molar-refractivity contribution in [1.29, 1.82) is 0 Å². The summed E-state index contributed by atoms with van der Waals surface area (Å²) >= 11 is -3.08.